The fourth-order valence-electron chi connectivity index (χ4n) is 2.72. The molecule has 0 bridgehead atoms. The van der Waals surface area contributed by atoms with Crippen LogP contribution in [0.5, 0.6) is 0 Å². The number of likely N-dealkylation sites (N-methyl/N-ethyl adjacent to an activating group) is 1. The molecular weight excluding hydrogens is 256 g/mol. The van der Waals surface area contributed by atoms with E-state index in [1.807, 2.05) is 0 Å². The zero-order valence-electron chi connectivity index (χ0n) is 13.3. The molecule has 0 aromatic heterocycles. The van der Waals surface area contributed by atoms with Crippen LogP contribution in [-0.2, 0) is 0 Å². The molecule has 0 saturated heterocycles. The summed E-state index contributed by atoms with van der Waals surface area (Å²) in [7, 11) is 4.22. The Morgan fingerprint density at radius 1 is 0.857 bits per heavy atom. The average molecular weight is 282 g/mol. The van der Waals surface area contributed by atoms with Crippen molar-refractivity contribution in [2.75, 3.05) is 27.2 Å². The van der Waals surface area contributed by atoms with E-state index >= 15 is 0 Å². The van der Waals surface area contributed by atoms with Crippen LogP contribution in [0.3, 0.4) is 0 Å². The first-order valence-corrected chi connectivity index (χ1v) is 7.66. The lowest BCUT2D eigenvalue weighted by Crippen LogP contribution is -2.37. The van der Waals surface area contributed by atoms with E-state index in [0.29, 0.717) is 12.0 Å². The Labute approximate surface area is 128 Å². The molecule has 0 radical (unpaired) electrons. The SMILES string of the molecule is CC(NCCN(C)C)C(c1ccccc1)c1ccccc1. The fourth-order valence-corrected chi connectivity index (χ4v) is 2.72. The van der Waals surface area contributed by atoms with E-state index in [2.05, 4.69) is 91.9 Å². The minimum Gasteiger partial charge on any atom is -0.312 e. The van der Waals surface area contributed by atoms with Crippen molar-refractivity contribution in [3.8, 4) is 0 Å². The Hall–Kier alpha value is -1.64. The largest absolute Gasteiger partial charge is 0.312 e. The number of hydrogen-bond acceptors (Lipinski definition) is 2. The van der Waals surface area contributed by atoms with E-state index in [1.54, 1.807) is 0 Å². The van der Waals surface area contributed by atoms with Crippen LogP contribution < -0.4 is 5.32 Å². The zero-order chi connectivity index (χ0) is 15.1. The summed E-state index contributed by atoms with van der Waals surface area (Å²) in [6, 6.07) is 21.9. The van der Waals surface area contributed by atoms with Gasteiger partial charge in [0.25, 0.3) is 0 Å². The molecule has 0 spiro atoms. The molecule has 2 aromatic carbocycles. The van der Waals surface area contributed by atoms with Crippen LogP contribution in [0.25, 0.3) is 0 Å². The summed E-state index contributed by atoms with van der Waals surface area (Å²) in [5, 5.41) is 3.67. The second-order valence-electron chi connectivity index (χ2n) is 5.85. The van der Waals surface area contributed by atoms with E-state index in [-0.39, 0.29) is 0 Å². The van der Waals surface area contributed by atoms with Crippen molar-refractivity contribution in [1.29, 1.82) is 0 Å². The van der Waals surface area contributed by atoms with Gasteiger partial charge in [0.05, 0.1) is 0 Å². The Balaban J connectivity index is 2.16. The van der Waals surface area contributed by atoms with E-state index in [0.717, 1.165) is 13.1 Å². The van der Waals surface area contributed by atoms with Crippen molar-refractivity contribution < 1.29 is 0 Å². The molecule has 1 N–H and O–H groups in total. The lowest BCUT2D eigenvalue weighted by Gasteiger charge is -2.27. The quantitative estimate of drug-likeness (QED) is 0.837. The minimum absolute atomic E-state index is 0.384. The molecule has 2 aromatic rings. The first-order chi connectivity index (χ1) is 10.2. The second-order valence-corrected chi connectivity index (χ2v) is 5.85. The number of nitrogens with one attached hydrogen (secondary N) is 1. The van der Waals surface area contributed by atoms with Gasteiger partial charge in [-0.05, 0) is 32.1 Å². The highest BCUT2D eigenvalue weighted by atomic mass is 15.1. The molecule has 0 amide bonds. The lowest BCUT2D eigenvalue weighted by atomic mass is 9.86. The van der Waals surface area contributed by atoms with Gasteiger partial charge >= 0.3 is 0 Å². The molecule has 1 atom stereocenters. The second kappa shape index (κ2) is 7.96. The topological polar surface area (TPSA) is 15.3 Å². The van der Waals surface area contributed by atoms with Gasteiger partial charge in [0.2, 0.25) is 0 Å². The Morgan fingerprint density at radius 2 is 1.33 bits per heavy atom. The van der Waals surface area contributed by atoms with Gasteiger partial charge in [-0.1, -0.05) is 60.7 Å². The van der Waals surface area contributed by atoms with Crippen molar-refractivity contribution >= 4 is 0 Å². The molecule has 0 heterocycles. The van der Waals surface area contributed by atoms with E-state index in [4.69, 9.17) is 0 Å². The molecule has 1 unspecified atom stereocenters. The van der Waals surface area contributed by atoms with E-state index in [9.17, 15) is 0 Å². The maximum Gasteiger partial charge on any atom is 0.0240 e. The minimum atomic E-state index is 0.384. The third-order valence-electron chi connectivity index (χ3n) is 3.84. The standard InChI is InChI=1S/C19H26N2/c1-16(20-14-15-21(2)3)19(17-10-6-4-7-11-17)18-12-8-5-9-13-18/h4-13,16,19-20H,14-15H2,1-3H3. The molecule has 21 heavy (non-hydrogen) atoms. The van der Waals surface area contributed by atoms with Crippen molar-refractivity contribution in [3.63, 3.8) is 0 Å². The zero-order valence-corrected chi connectivity index (χ0v) is 13.3. The molecule has 2 rings (SSSR count). The Kier molecular flexibility index (Phi) is 5.97. The predicted molar refractivity (Wildman–Crippen MR) is 90.7 cm³/mol. The molecule has 0 aliphatic carbocycles. The summed E-state index contributed by atoms with van der Waals surface area (Å²) < 4.78 is 0. The number of rotatable bonds is 7. The van der Waals surface area contributed by atoms with Gasteiger partial charge in [0.15, 0.2) is 0 Å². The number of hydrogen-bond donors (Lipinski definition) is 1. The first kappa shape index (κ1) is 15.7. The smallest absolute Gasteiger partial charge is 0.0240 e. The summed E-state index contributed by atoms with van der Waals surface area (Å²) in [6.45, 7) is 4.34. The molecular formula is C19H26N2. The first-order valence-electron chi connectivity index (χ1n) is 7.66. The molecule has 112 valence electrons. The van der Waals surface area contributed by atoms with Gasteiger partial charge in [0.1, 0.15) is 0 Å². The van der Waals surface area contributed by atoms with Crippen molar-refractivity contribution in [3.05, 3.63) is 71.8 Å². The molecule has 0 saturated carbocycles. The fraction of sp³-hybridized carbons (Fsp3) is 0.368. The highest BCUT2D eigenvalue weighted by Gasteiger charge is 2.20. The van der Waals surface area contributed by atoms with Crippen molar-refractivity contribution in [2.45, 2.75) is 18.9 Å². The maximum absolute atomic E-state index is 3.67. The molecule has 2 nitrogen and oxygen atoms in total. The summed E-state index contributed by atoms with van der Waals surface area (Å²) >= 11 is 0. The van der Waals surface area contributed by atoms with Gasteiger partial charge in [-0.15, -0.1) is 0 Å². The molecule has 0 fully saturated rings. The molecule has 0 aliphatic heterocycles. The molecule has 0 aliphatic rings. The number of benzene rings is 2. The maximum atomic E-state index is 3.67. The van der Waals surface area contributed by atoms with Crippen LogP contribution in [0.4, 0.5) is 0 Å². The summed E-state index contributed by atoms with van der Waals surface area (Å²) in [5.41, 5.74) is 2.74. The Bertz CT molecular complexity index is 468. The van der Waals surface area contributed by atoms with E-state index < -0.39 is 0 Å². The highest BCUT2D eigenvalue weighted by molar-refractivity contribution is 5.34. The summed E-state index contributed by atoms with van der Waals surface area (Å²) in [6.07, 6.45) is 0. The monoisotopic (exact) mass is 282 g/mol. The van der Waals surface area contributed by atoms with Crippen LogP contribution in [0.15, 0.2) is 60.7 Å². The third kappa shape index (κ3) is 4.69. The van der Waals surface area contributed by atoms with Crippen molar-refractivity contribution in [1.82, 2.24) is 10.2 Å². The van der Waals surface area contributed by atoms with Crippen molar-refractivity contribution in [2.24, 2.45) is 0 Å². The van der Waals surface area contributed by atoms with Crippen LogP contribution in [0.1, 0.15) is 24.0 Å². The van der Waals surface area contributed by atoms with E-state index in [1.165, 1.54) is 11.1 Å². The lowest BCUT2D eigenvalue weighted by molar-refractivity contribution is 0.380. The third-order valence-corrected chi connectivity index (χ3v) is 3.84. The van der Waals surface area contributed by atoms with Gasteiger partial charge < -0.3 is 10.2 Å². The van der Waals surface area contributed by atoms with Gasteiger partial charge in [-0.25, -0.2) is 0 Å². The van der Waals surface area contributed by atoms with Crippen LogP contribution >= 0.6 is 0 Å². The predicted octanol–water partition coefficient (Wildman–Crippen LogP) is 3.36. The Morgan fingerprint density at radius 3 is 1.76 bits per heavy atom. The number of nitrogens with zero attached hydrogens (tertiary/aromatic N) is 1. The highest BCUT2D eigenvalue weighted by Crippen LogP contribution is 2.27. The summed E-state index contributed by atoms with van der Waals surface area (Å²) in [4.78, 5) is 2.21. The summed E-state index contributed by atoms with van der Waals surface area (Å²) in [5.74, 6) is 0.384. The molecule has 2 heteroatoms. The van der Waals surface area contributed by atoms with Gasteiger partial charge in [0, 0.05) is 25.0 Å². The van der Waals surface area contributed by atoms with Gasteiger partial charge in [-0.2, -0.15) is 0 Å². The average Bonchev–Trinajstić information content (AvgIpc) is 2.49. The van der Waals surface area contributed by atoms with Crippen LogP contribution in [0.2, 0.25) is 0 Å². The van der Waals surface area contributed by atoms with Gasteiger partial charge in [-0.3, -0.25) is 0 Å². The van der Waals surface area contributed by atoms with Crippen LogP contribution in [0, 0.1) is 0 Å². The van der Waals surface area contributed by atoms with Crippen LogP contribution in [-0.4, -0.2) is 38.1 Å². The normalized spacial score (nSPS) is 12.8.